The highest BCUT2D eigenvalue weighted by atomic mass is 16.1. The predicted molar refractivity (Wildman–Crippen MR) is 65.4 cm³/mol. The van der Waals surface area contributed by atoms with Gasteiger partial charge in [0.15, 0.2) is 0 Å². The van der Waals surface area contributed by atoms with Crippen molar-refractivity contribution < 1.29 is 0 Å². The van der Waals surface area contributed by atoms with Crippen LogP contribution in [0.4, 0.5) is 0 Å². The van der Waals surface area contributed by atoms with Crippen LogP contribution in [-0.4, -0.2) is 16.0 Å². The van der Waals surface area contributed by atoms with Gasteiger partial charge in [0.25, 0.3) is 5.56 Å². The highest BCUT2D eigenvalue weighted by Gasteiger charge is 2.04. The minimum Gasteiger partial charge on any atom is -0.311 e. The molecule has 0 saturated heterocycles. The number of H-pyrrole nitrogens is 1. The van der Waals surface area contributed by atoms with E-state index in [0.717, 1.165) is 17.9 Å². The molecule has 1 aromatic rings. The first-order valence-corrected chi connectivity index (χ1v) is 5.80. The monoisotopic (exact) mass is 223 g/mol. The van der Waals surface area contributed by atoms with E-state index in [2.05, 4.69) is 43.0 Å². The van der Waals surface area contributed by atoms with E-state index in [1.54, 1.807) is 6.07 Å². The molecular formula is C12H21N3O. The van der Waals surface area contributed by atoms with Gasteiger partial charge in [-0.1, -0.05) is 27.7 Å². The maximum atomic E-state index is 11.4. The summed E-state index contributed by atoms with van der Waals surface area (Å²) in [5, 5.41) is 3.25. The molecule has 0 aliphatic carbocycles. The number of hydrogen-bond acceptors (Lipinski definition) is 3. The lowest BCUT2D eigenvalue weighted by Gasteiger charge is -2.09. The van der Waals surface area contributed by atoms with Gasteiger partial charge in [0, 0.05) is 25.1 Å². The van der Waals surface area contributed by atoms with E-state index in [0.29, 0.717) is 18.5 Å². The minimum absolute atomic E-state index is 0.0637. The second-order valence-electron chi connectivity index (χ2n) is 4.82. The molecule has 0 aliphatic heterocycles. The summed E-state index contributed by atoms with van der Waals surface area (Å²) in [5.41, 5.74) is 0.749. The van der Waals surface area contributed by atoms with Gasteiger partial charge in [0.1, 0.15) is 5.82 Å². The molecule has 0 amide bonds. The summed E-state index contributed by atoms with van der Waals surface area (Å²) in [6.45, 7) is 9.01. The molecule has 0 saturated carbocycles. The molecule has 0 radical (unpaired) electrons. The third-order valence-corrected chi connectivity index (χ3v) is 2.14. The zero-order valence-corrected chi connectivity index (χ0v) is 10.5. The van der Waals surface area contributed by atoms with Crippen LogP contribution in [0, 0.1) is 5.92 Å². The molecule has 0 spiro atoms. The summed E-state index contributed by atoms with van der Waals surface area (Å²) in [6.07, 6.45) is 0.810. The molecule has 0 atom stereocenters. The van der Waals surface area contributed by atoms with Crippen molar-refractivity contribution in [2.24, 2.45) is 5.92 Å². The largest absolute Gasteiger partial charge is 0.311 e. The SMILES string of the molecule is CC(C)Cc1nc(CNC(C)C)cc(=O)[nH]1. The lowest BCUT2D eigenvalue weighted by Crippen LogP contribution is -2.24. The quantitative estimate of drug-likeness (QED) is 0.794. The Bertz CT molecular complexity index is 382. The van der Waals surface area contributed by atoms with E-state index in [1.165, 1.54) is 0 Å². The summed E-state index contributed by atoms with van der Waals surface area (Å²) in [6, 6.07) is 1.95. The van der Waals surface area contributed by atoms with Crippen LogP contribution in [0.5, 0.6) is 0 Å². The number of nitrogens with one attached hydrogen (secondary N) is 2. The van der Waals surface area contributed by atoms with Crippen molar-refractivity contribution in [3.05, 3.63) is 27.9 Å². The second kappa shape index (κ2) is 5.80. The molecule has 1 heterocycles. The Balaban J connectivity index is 2.77. The molecule has 90 valence electrons. The van der Waals surface area contributed by atoms with Crippen LogP contribution in [0.1, 0.15) is 39.2 Å². The fourth-order valence-electron chi connectivity index (χ4n) is 1.45. The van der Waals surface area contributed by atoms with Gasteiger partial charge in [-0.3, -0.25) is 4.79 Å². The maximum Gasteiger partial charge on any atom is 0.251 e. The lowest BCUT2D eigenvalue weighted by atomic mass is 10.1. The Morgan fingerprint density at radius 2 is 2.06 bits per heavy atom. The van der Waals surface area contributed by atoms with Gasteiger partial charge in [-0.2, -0.15) is 0 Å². The summed E-state index contributed by atoms with van der Waals surface area (Å²) >= 11 is 0. The highest BCUT2D eigenvalue weighted by Crippen LogP contribution is 2.01. The fourth-order valence-corrected chi connectivity index (χ4v) is 1.45. The molecule has 1 aromatic heterocycles. The van der Waals surface area contributed by atoms with Crippen LogP contribution in [0.2, 0.25) is 0 Å². The van der Waals surface area contributed by atoms with Crippen molar-refractivity contribution in [3.63, 3.8) is 0 Å². The number of hydrogen-bond donors (Lipinski definition) is 2. The van der Waals surface area contributed by atoms with E-state index in [-0.39, 0.29) is 5.56 Å². The molecule has 0 fully saturated rings. The topological polar surface area (TPSA) is 57.8 Å². The van der Waals surface area contributed by atoms with Crippen LogP contribution in [0.3, 0.4) is 0 Å². The molecule has 16 heavy (non-hydrogen) atoms. The van der Waals surface area contributed by atoms with Crippen LogP contribution in [0.15, 0.2) is 10.9 Å². The zero-order valence-electron chi connectivity index (χ0n) is 10.5. The van der Waals surface area contributed by atoms with Crippen LogP contribution >= 0.6 is 0 Å². The maximum absolute atomic E-state index is 11.4. The van der Waals surface area contributed by atoms with E-state index in [9.17, 15) is 4.79 Å². The van der Waals surface area contributed by atoms with Crippen molar-refractivity contribution in [2.75, 3.05) is 0 Å². The highest BCUT2D eigenvalue weighted by molar-refractivity contribution is 5.03. The Morgan fingerprint density at radius 1 is 1.38 bits per heavy atom. The molecule has 1 rings (SSSR count). The normalized spacial score (nSPS) is 11.4. The van der Waals surface area contributed by atoms with Gasteiger partial charge in [0.2, 0.25) is 0 Å². The smallest absolute Gasteiger partial charge is 0.251 e. The van der Waals surface area contributed by atoms with Gasteiger partial charge < -0.3 is 10.3 Å². The van der Waals surface area contributed by atoms with E-state index < -0.39 is 0 Å². The van der Waals surface area contributed by atoms with Gasteiger partial charge >= 0.3 is 0 Å². The summed E-state index contributed by atoms with van der Waals surface area (Å²) in [7, 11) is 0. The first kappa shape index (κ1) is 12.9. The van der Waals surface area contributed by atoms with E-state index in [4.69, 9.17) is 0 Å². The van der Waals surface area contributed by atoms with Crippen LogP contribution < -0.4 is 10.9 Å². The molecule has 0 unspecified atom stereocenters. The van der Waals surface area contributed by atoms with E-state index in [1.807, 2.05) is 0 Å². The standard InChI is InChI=1S/C12H21N3O/c1-8(2)5-11-14-10(6-12(16)15-11)7-13-9(3)4/h6,8-9,13H,5,7H2,1-4H3,(H,14,15,16). The molecular weight excluding hydrogens is 202 g/mol. The molecule has 4 nitrogen and oxygen atoms in total. The Hall–Kier alpha value is -1.16. The molecule has 0 aromatic carbocycles. The number of nitrogens with zero attached hydrogens (tertiary/aromatic N) is 1. The van der Waals surface area contributed by atoms with Crippen LogP contribution in [-0.2, 0) is 13.0 Å². The average molecular weight is 223 g/mol. The van der Waals surface area contributed by atoms with Crippen LogP contribution in [0.25, 0.3) is 0 Å². The fraction of sp³-hybridized carbons (Fsp3) is 0.667. The van der Waals surface area contributed by atoms with Crippen molar-refractivity contribution >= 4 is 0 Å². The summed E-state index contributed by atoms with van der Waals surface area (Å²) < 4.78 is 0. The first-order chi connectivity index (χ1) is 7.47. The van der Waals surface area contributed by atoms with Crippen molar-refractivity contribution in [2.45, 2.75) is 46.7 Å². The number of rotatable bonds is 5. The summed E-state index contributed by atoms with van der Waals surface area (Å²) in [5.74, 6) is 1.28. The van der Waals surface area contributed by atoms with Crippen molar-refractivity contribution in [1.82, 2.24) is 15.3 Å². The number of aromatic amines is 1. The van der Waals surface area contributed by atoms with Crippen molar-refractivity contribution in [1.29, 1.82) is 0 Å². The molecule has 0 aliphatic rings. The van der Waals surface area contributed by atoms with Gasteiger partial charge in [-0.25, -0.2) is 4.98 Å². The average Bonchev–Trinajstić information content (AvgIpc) is 2.12. The van der Waals surface area contributed by atoms with Gasteiger partial charge in [0.05, 0.1) is 5.69 Å². The molecule has 4 heteroatoms. The Morgan fingerprint density at radius 3 is 2.62 bits per heavy atom. The third-order valence-electron chi connectivity index (χ3n) is 2.14. The lowest BCUT2D eigenvalue weighted by molar-refractivity contribution is 0.570. The van der Waals surface area contributed by atoms with Gasteiger partial charge in [-0.05, 0) is 5.92 Å². The Kier molecular flexibility index (Phi) is 4.68. The molecule has 2 N–H and O–H groups in total. The summed E-state index contributed by atoms with van der Waals surface area (Å²) in [4.78, 5) is 18.6. The second-order valence-corrected chi connectivity index (χ2v) is 4.82. The van der Waals surface area contributed by atoms with Crippen molar-refractivity contribution in [3.8, 4) is 0 Å². The third kappa shape index (κ3) is 4.57. The van der Waals surface area contributed by atoms with E-state index >= 15 is 0 Å². The van der Waals surface area contributed by atoms with Gasteiger partial charge in [-0.15, -0.1) is 0 Å². The predicted octanol–water partition coefficient (Wildman–Crippen LogP) is 1.47. The Labute approximate surface area is 96.5 Å². The minimum atomic E-state index is -0.0637. The number of aromatic nitrogens is 2. The molecule has 0 bridgehead atoms. The zero-order chi connectivity index (χ0) is 12.1. The first-order valence-electron chi connectivity index (χ1n) is 5.80.